The minimum absolute atomic E-state index is 0.0104. The van der Waals surface area contributed by atoms with E-state index in [-0.39, 0.29) is 174 Å². The zero-order valence-electron chi connectivity index (χ0n) is 76.3. The third-order valence-corrected chi connectivity index (χ3v) is 29.6. The molecule has 0 amide bonds. The molecule has 54 heteroatoms. The number of carboxylic acids is 4. The molecule has 0 unspecified atom stereocenters. The summed E-state index contributed by atoms with van der Waals surface area (Å²) in [6.45, 7) is 0. The van der Waals surface area contributed by atoms with Gasteiger partial charge >= 0.3 is 35.9 Å². The van der Waals surface area contributed by atoms with E-state index in [1.807, 2.05) is 0 Å². The van der Waals surface area contributed by atoms with Crippen molar-refractivity contribution >= 4 is 193 Å². The molecule has 764 valence electrons. The molecule has 0 aliphatic heterocycles. The molecule has 0 radical (unpaired) electrons. The molecule has 0 saturated heterocycles. The highest BCUT2D eigenvalue weighted by molar-refractivity contribution is 7.95. The molecule has 149 heavy (non-hydrogen) atoms. The third-order valence-electron chi connectivity index (χ3n) is 25.1. The van der Waals surface area contributed by atoms with E-state index < -0.39 is 184 Å². The number of carboxylic acid groups (broad SMARTS) is 4. The molecule has 0 atom stereocenters. The summed E-state index contributed by atoms with van der Waals surface area (Å²) in [6.07, 6.45) is 5.18. The molecule has 16 N–H and O–H groups in total. The maximum absolute atomic E-state index is 15.2. The molecule has 0 spiro atoms. The van der Waals surface area contributed by atoms with E-state index in [0.717, 1.165) is 83.8 Å². The number of hydrogen-bond acceptors (Lipinski definition) is 42. The highest BCUT2D eigenvalue weighted by atomic mass is 32.2. The number of aromatic carboxylic acids is 4. The van der Waals surface area contributed by atoms with Gasteiger partial charge in [-0.3, -0.25) is 42.4 Å². The molecule has 48 nitrogen and oxygen atoms in total. The number of benzene rings is 10. The van der Waals surface area contributed by atoms with Gasteiger partial charge in [-0.15, -0.1) is 13.0 Å². The van der Waals surface area contributed by atoms with E-state index in [0.29, 0.717) is 63.4 Å². The molecule has 2 fully saturated rings. The predicted molar refractivity (Wildman–Crippen MR) is 527 cm³/mol. The number of carbonyl (C=O) groups is 8. The van der Waals surface area contributed by atoms with Crippen LogP contribution in [0.25, 0.3) is 44.1 Å². The number of hydrogen-bond donors (Lipinski definition) is 16. The van der Waals surface area contributed by atoms with Crippen molar-refractivity contribution < 1.29 is 151 Å². The van der Waals surface area contributed by atoms with Crippen LogP contribution in [0.15, 0.2) is 221 Å². The third kappa shape index (κ3) is 21.5. The number of pyridine rings is 2. The van der Waals surface area contributed by atoms with Crippen molar-refractivity contribution in [3.63, 3.8) is 0 Å². The van der Waals surface area contributed by atoms with Crippen LogP contribution >= 0.6 is 36.1 Å². The number of aromatic nitrogens is 8. The van der Waals surface area contributed by atoms with Crippen LogP contribution in [0.4, 0.5) is 57.9 Å². The Labute approximate surface area is 850 Å². The normalized spacial score (nSPS) is 15.3. The average Bonchev–Trinajstić information content (AvgIpc) is 0.706. The van der Waals surface area contributed by atoms with Crippen LogP contribution in [0, 0.1) is 11.8 Å². The first-order valence-electron chi connectivity index (χ1n) is 44.1. The van der Waals surface area contributed by atoms with Crippen LogP contribution < -0.4 is 52.5 Å². The summed E-state index contributed by atoms with van der Waals surface area (Å²) in [5.74, 6) is -11.3. The quantitative estimate of drug-likeness (QED) is 0.00562. The fourth-order valence-corrected chi connectivity index (χ4v) is 21.8. The molecule has 4 aromatic heterocycles. The van der Waals surface area contributed by atoms with E-state index in [1.54, 1.807) is 18.2 Å². The molecule has 10 aromatic carbocycles. The number of nitrogens with zero attached hydrogens (tertiary/aromatic N) is 8. The lowest BCUT2D eigenvalue weighted by Crippen LogP contribution is -2.30. The van der Waals surface area contributed by atoms with E-state index in [2.05, 4.69) is 81.3 Å². The molecule has 18 rings (SSSR count). The maximum Gasteiger partial charge on any atom is 0.335 e. The molecular weight excluding hydrogens is 2070 g/mol. The van der Waals surface area contributed by atoms with Gasteiger partial charge in [-0.1, -0.05) is 87.9 Å². The second-order valence-electron chi connectivity index (χ2n) is 34.2. The molecule has 4 heterocycles. The van der Waals surface area contributed by atoms with Crippen molar-refractivity contribution in [1.82, 2.24) is 39.0 Å². The number of ketones is 4. The fourth-order valence-electron chi connectivity index (χ4n) is 18.5. The number of anilines is 10. The number of fused-ring (bicyclic) bond motifs is 4. The Hall–Kier alpha value is -16.0. The highest BCUT2D eigenvalue weighted by Crippen LogP contribution is 2.51. The van der Waals surface area contributed by atoms with Gasteiger partial charge in [0.1, 0.15) is 21.3 Å². The van der Waals surface area contributed by atoms with Crippen LogP contribution in [0.5, 0.6) is 23.5 Å². The zero-order valence-corrected chi connectivity index (χ0v) is 81.2. The lowest BCUT2D eigenvalue weighted by atomic mass is 9.75. The van der Waals surface area contributed by atoms with E-state index in [1.165, 1.54) is 110 Å². The first-order valence-corrected chi connectivity index (χ1v) is 50.6. The van der Waals surface area contributed by atoms with Gasteiger partial charge in [-0.05, 0) is 190 Å². The summed E-state index contributed by atoms with van der Waals surface area (Å²) >= 11 is 0.937. The van der Waals surface area contributed by atoms with Crippen molar-refractivity contribution in [3.05, 3.63) is 269 Å². The van der Waals surface area contributed by atoms with Crippen molar-refractivity contribution in [2.24, 2.45) is 25.9 Å². The monoisotopic (exact) mass is 2150 g/mol. The molecule has 0 bridgehead atoms. The minimum atomic E-state index is -5.38. The Morgan fingerprint density at radius 2 is 0.752 bits per heavy atom. The van der Waals surface area contributed by atoms with Crippen molar-refractivity contribution in [2.75, 3.05) is 31.9 Å². The van der Waals surface area contributed by atoms with Crippen molar-refractivity contribution in [1.29, 1.82) is 0 Å². The second kappa shape index (κ2) is 42.1. The van der Waals surface area contributed by atoms with Crippen LogP contribution in [0.3, 0.4) is 0 Å². The van der Waals surface area contributed by atoms with Crippen LogP contribution in [-0.4, -0.2) is 173 Å². The van der Waals surface area contributed by atoms with E-state index in [9.17, 15) is 108 Å². The molecule has 4 aliphatic carbocycles. The van der Waals surface area contributed by atoms with Gasteiger partial charge in [-0.25, -0.2) is 34.9 Å². The van der Waals surface area contributed by atoms with Crippen LogP contribution in [-0.2, 0) is 72.6 Å². The first kappa shape index (κ1) is 103. The lowest BCUT2D eigenvalue weighted by molar-refractivity contribution is -0.432. The van der Waals surface area contributed by atoms with Crippen LogP contribution in [0.1, 0.15) is 163 Å². The highest BCUT2D eigenvalue weighted by Gasteiger charge is 2.40. The molecule has 14 aromatic rings. The minimum Gasteiger partial charge on any atom is -0.478 e. The van der Waals surface area contributed by atoms with Gasteiger partial charge in [0, 0.05) is 75.2 Å². The Kier molecular flexibility index (Phi) is 29.1. The summed E-state index contributed by atoms with van der Waals surface area (Å²) in [4.78, 5) is 163. The van der Waals surface area contributed by atoms with Gasteiger partial charge in [0.25, 0.3) is 41.5 Å². The van der Waals surface area contributed by atoms with Gasteiger partial charge in [0.05, 0.1) is 140 Å². The van der Waals surface area contributed by atoms with Gasteiger partial charge in [-0.2, -0.15) is 55.2 Å². The van der Waals surface area contributed by atoms with E-state index >= 15 is 9.59 Å². The fraction of sp³-hybridized carbons (Fsp3) is 0.158. The molecular formula is C95H74N14O34S6. The van der Waals surface area contributed by atoms with Gasteiger partial charge in [0.2, 0.25) is 23.8 Å². The Morgan fingerprint density at radius 3 is 1.16 bits per heavy atom. The number of aryl methyl sites for hydroxylation is 2. The topological polar surface area (TPSA) is 709 Å². The number of ether oxygens (including phenoxy) is 2. The van der Waals surface area contributed by atoms with Gasteiger partial charge in [0.15, 0.2) is 23.1 Å². The lowest BCUT2D eigenvalue weighted by Gasteiger charge is -2.34. The van der Waals surface area contributed by atoms with Crippen molar-refractivity contribution in [2.45, 2.75) is 99.2 Å². The summed E-state index contributed by atoms with van der Waals surface area (Å²) < 4.78 is 140. The largest absolute Gasteiger partial charge is 0.478 e. The molecule has 4 aliphatic rings. The first-order chi connectivity index (χ1) is 71.2. The zero-order chi connectivity index (χ0) is 106. The Bertz CT molecular complexity index is 8460. The second-order valence-corrected chi connectivity index (χ2v) is 40.6. The van der Waals surface area contributed by atoms with E-state index in [4.69, 9.17) is 23.4 Å². The van der Waals surface area contributed by atoms with Gasteiger partial charge < -0.3 is 70.9 Å². The summed E-state index contributed by atoms with van der Waals surface area (Å²) in [5.41, 5.74) is -6.59. The Balaban J connectivity index is 0.617. The predicted octanol–water partition coefficient (Wildman–Crippen LogP) is 16.1. The number of rotatable bonds is 38. The summed E-state index contributed by atoms with van der Waals surface area (Å²) in [6, 6.07) is 35.2. The SMILES string of the molecule is Cn1c(=O)c(C(=O)c2cccc(SOOO)c2)c2c3c(c(Nc4cc(Nc5nc(NC6CCC(CC7CCC(Nc8nc(Nc9cc(Nc%10ccc%11c%12c%10C(=O)c%10ccccc%10-c%12c(C(=O)c%10cccc(S(=O)(=O)O)c%10)c(=O)n%11C)c(S(=O)(=O)O)cc9SOOO)nc(Oc9cc(C(=O)O)cc(C(=O)O)c9)n8)CC7)CC6)nc(Oc6cc(C(=O)O)cc(C(=O)O)c6)n5)c(S(=O)(=O)O)cc4SOOO)ccc31)C(=O)c1ccccc1-2. The number of nitrogens with one attached hydrogen (secondary N) is 6. The number of carbonyl (C=O) groups excluding carboxylic acids is 4. The standard InChI is InChI=1S/C95H74N14O34S6/c1-108-66-27-25-60(74-76(66)72(56-13-3-5-15-58(56)82(74)112)78(84(108)114)80(110)44-9-7-11-54(36-44)144-141-138-124)98-62-38-65(71(149(133,134)135)40-68(62)145-142-139-125)101-93-103-91(105-95(107-93)137-53-34-48(88(120)121)31-49(35-53)89(122)123)97-51-23-19-43(20-24-51)29-42-17-21-50(22-18-42)96-90-102-92(106-94(104-90)136-52-32-46(86(116)117)30-47(33-52)87(118)119)100-63-39-64(70(148(130,131)132)41-69(63)146-143-140-126)99-61-26-28-67-77-73(57-14-4-6-16-59(57)83(113)75(61)77)79(85(115)109(67)2)81(111)45-10-8-12-55(37-45)147(127,128)129/h3-16,25-28,30-43,50-51,98-99,124-126H,17-24,29H2,1-2H3,(H,116,117)(H,118,119)(H,120,121)(H,122,123)(H,127,128,129)(H,130,131,132)(H,133,134,135)(H2,96,100,102,104,106)(H2,97,101,103,105,107). The smallest absolute Gasteiger partial charge is 0.335 e. The van der Waals surface area contributed by atoms with Crippen molar-refractivity contribution in [3.8, 4) is 45.8 Å². The Morgan fingerprint density at radius 1 is 0.376 bits per heavy atom. The summed E-state index contributed by atoms with van der Waals surface area (Å²) in [7, 11) is -13.0. The maximum atomic E-state index is 15.2. The summed E-state index contributed by atoms with van der Waals surface area (Å²) in [5, 5.41) is 98.0. The van der Waals surface area contributed by atoms with Crippen LogP contribution in [0.2, 0.25) is 0 Å². The molecule has 2 saturated carbocycles. The average molecular weight is 2150 g/mol.